The fourth-order valence-electron chi connectivity index (χ4n) is 1.81. The standard InChI is InChI=1S/C11H12ClNO/c1-2-13-8(7-14)6-9-10(12)4-3-5-11(9)13/h3-6,14H,2,7H2,1H3. The maximum atomic E-state index is 9.18. The van der Waals surface area contributed by atoms with Gasteiger partial charge in [-0.1, -0.05) is 17.7 Å². The van der Waals surface area contributed by atoms with Crippen molar-refractivity contribution in [1.29, 1.82) is 0 Å². The van der Waals surface area contributed by atoms with Crippen molar-refractivity contribution in [3.63, 3.8) is 0 Å². The van der Waals surface area contributed by atoms with Gasteiger partial charge in [0.05, 0.1) is 6.61 Å². The quantitative estimate of drug-likeness (QED) is 0.809. The van der Waals surface area contributed by atoms with Crippen molar-refractivity contribution in [3.05, 3.63) is 35.0 Å². The van der Waals surface area contributed by atoms with Gasteiger partial charge in [0.2, 0.25) is 0 Å². The van der Waals surface area contributed by atoms with Crippen molar-refractivity contribution < 1.29 is 5.11 Å². The first-order valence-electron chi connectivity index (χ1n) is 4.65. The van der Waals surface area contributed by atoms with Crippen LogP contribution in [0.5, 0.6) is 0 Å². The molecule has 74 valence electrons. The van der Waals surface area contributed by atoms with Gasteiger partial charge in [-0.05, 0) is 25.1 Å². The van der Waals surface area contributed by atoms with E-state index in [1.807, 2.05) is 24.3 Å². The van der Waals surface area contributed by atoms with Crippen LogP contribution in [0.25, 0.3) is 10.9 Å². The highest BCUT2D eigenvalue weighted by atomic mass is 35.5. The third-order valence-corrected chi connectivity index (χ3v) is 2.79. The number of nitrogens with zero attached hydrogens (tertiary/aromatic N) is 1. The van der Waals surface area contributed by atoms with Crippen LogP contribution < -0.4 is 0 Å². The van der Waals surface area contributed by atoms with Gasteiger partial charge in [-0.2, -0.15) is 0 Å². The van der Waals surface area contributed by atoms with Crippen molar-refractivity contribution in [2.45, 2.75) is 20.1 Å². The molecular formula is C11H12ClNO. The third-order valence-electron chi connectivity index (χ3n) is 2.46. The summed E-state index contributed by atoms with van der Waals surface area (Å²) >= 11 is 6.06. The lowest BCUT2D eigenvalue weighted by atomic mass is 10.2. The molecule has 0 aliphatic carbocycles. The van der Waals surface area contributed by atoms with E-state index in [9.17, 15) is 5.11 Å². The van der Waals surface area contributed by atoms with Crippen molar-refractivity contribution in [1.82, 2.24) is 4.57 Å². The van der Waals surface area contributed by atoms with Crippen molar-refractivity contribution >= 4 is 22.5 Å². The molecule has 2 nitrogen and oxygen atoms in total. The summed E-state index contributed by atoms with van der Waals surface area (Å²) in [6, 6.07) is 7.76. The fourth-order valence-corrected chi connectivity index (χ4v) is 2.03. The molecule has 0 bridgehead atoms. The minimum absolute atomic E-state index is 0.0544. The number of aromatic nitrogens is 1. The number of aryl methyl sites for hydroxylation is 1. The van der Waals surface area contributed by atoms with Crippen LogP contribution in [0.15, 0.2) is 24.3 Å². The molecule has 1 aromatic heterocycles. The molecule has 0 spiro atoms. The Balaban J connectivity index is 2.79. The van der Waals surface area contributed by atoms with Gasteiger partial charge in [0.1, 0.15) is 0 Å². The molecule has 0 fully saturated rings. The van der Waals surface area contributed by atoms with Crippen LogP contribution in [0.4, 0.5) is 0 Å². The number of aliphatic hydroxyl groups excluding tert-OH is 1. The van der Waals surface area contributed by atoms with Crippen molar-refractivity contribution in [2.24, 2.45) is 0 Å². The summed E-state index contributed by atoms with van der Waals surface area (Å²) in [5, 5.41) is 10.9. The second-order valence-corrected chi connectivity index (χ2v) is 3.62. The summed E-state index contributed by atoms with van der Waals surface area (Å²) in [5.74, 6) is 0. The lowest BCUT2D eigenvalue weighted by Gasteiger charge is -2.04. The topological polar surface area (TPSA) is 25.2 Å². The van der Waals surface area contributed by atoms with Crippen molar-refractivity contribution in [3.8, 4) is 0 Å². The van der Waals surface area contributed by atoms with Gasteiger partial charge >= 0.3 is 0 Å². The third kappa shape index (κ3) is 1.31. The molecule has 0 saturated carbocycles. The highest BCUT2D eigenvalue weighted by molar-refractivity contribution is 6.35. The van der Waals surface area contributed by atoms with E-state index in [1.165, 1.54) is 0 Å². The first-order chi connectivity index (χ1) is 6.77. The van der Waals surface area contributed by atoms with Crippen molar-refractivity contribution in [2.75, 3.05) is 0 Å². The van der Waals surface area contributed by atoms with Crippen LogP contribution in [0.3, 0.4) is 0 Å². The Bertz CT molecular complexity index is 462. The predicted molar refractivity (Wildman–Crippen MR) is 58.5 cm³/mol. The molecule has 2 rings (SSSR count). The minimum Gasteiger partial charge on any atom is -0.390 e. The van der Waals surface area contributed by atoms with Gasteiger partial charge in [0, 0.05) is 28.2 Å². The van der Waals surface area contributed by atoms with Gasteiger partial charge in [0.25, 0.3) is 0 Å². The molecule has 3 heteroatoms. The Morgan fingerprint density at radius 2 is 2.21 bits per heavy atom. The number of hydrogen-bond acceptors (Lipinski definition) is 1. The molecule has 1 N–H and O–H groups in total. The SMILES string of the molecule is CCn1c(CO)cc2c(Cl)cccc21. The molecule has 0 atom stereocenters. The van der Waals surface area contributed by atoms with Crippen LogP contribution in [0.2, 0.25) is 5.02 Å². The average molecular weight is 210 g/mol. The molecular weight excluding hydrogens is 198 g/mol. The Morgan fingerprint density at radius 3 is 2.86 bits per heavy atom. The van der Waals surface area contributed by atoms with Gasteiger partial charge in [-0.25, -0.2) is 0 Å². The smallest absolute Gasteiger partial charge is 0.0833 e. The van der Waals surface area contributed by atoms with Crippen LogP contribution >= 0.6 is 11.6 Å². The normalized spacial score (nSPS) is 11.1. The Morgan fingerprint density at radius 1 is 1.43 bits per heavy atom. The Labute approximate surface area is 87.7 Å². The number of hydrogen-bond donors (Lipinski definition) is 1. The molecule has 0 aliphatic rings. The zero-order valence-electron chi connectivity index (χ0n) is 8.00. The summed E-state index contributed by atoms with van der Waals surface area (Å²) < 4.78 is 2.07. The number of halogens is 1. The lowest BCUT2D eigenvalue weighted by Crippen LogP contribution is -1.99. The monoisotopic (exact) mass is 209 g/mol. The molecule has 0 amide bonds. The first-order valence-corrected chi connectivity index (χ1v) is 5.03. The molecule has 0 radical (unpaired) electrons. The minimum atomic E-state index is 0.0544. The summed E-state index contributed by atoms with van der Waals surface area (Å²) in [4.78, 5) is 0. The molecule has 1 heterocycles. The van der Waals surface area contributed by atoms with E-state index in [4.69, 9.17) is 11.6 Å². The maximum Gasteiger partial charge on any atom is 0.0833 e. The second-order valence-electron chi connectivity index (χ2n) is 3.21. The predicted octanol–water partition coefficient (Wildman–Crippen LogP) is 2.81. The number of aliphatic hydroxyl groups is 1. The highest BCUT2D eigenvalue weighted by Gasteiger charge is 2.08. The van der Waals surface area contributed by atoms with Gasteiger partial charge < -0.3 is 9.67 Å². The molecule has 0 saturated heterocycles. The first kappa shape index (κ1) is 9.56. The Kier molecular flexibility index (Phi) is 2.48. The van der Waals surface area contributed by atoms with Gasteiger partial charge in [0.15, 0.2) is 0 Å². The number of benzene rings is 1. The van der Waals surface area contributed by atoms with E-state index in [-0.39, 0.29) is 6.61 Å². The zero-order chi connectivity index (χ0) is 10.1. The van der Waals surface area contributed by atoms with Crippen LogP contribution in [0.1, 0.15) is 12.6 Å². The zero-order valence-corrected chi connectivity index (χ0v) is 8.75. The van der Waals surface area contributed by atoms with E-state index in [1.54, 1.807) is 0 Å². The van der Waals surface area contributed by atoms with Crippen LogP contribution in [-0.2, 0) is 13.2 Å². The highest BCUT2D eigenvalue weighted by Crippen LogP contribution is 2.26. The average Bonchev–Trinajstić information content (AvgIpc) is 2.57. The Hall–Kier alpha value is -0.990. The summed E-state index contributed by atoms with van der Waals surface area (Å²) in [6.45, 7) is 2.96. The number of rotatable bonds is 2. The van der Waals surface area contributed by atoms with Crippen LogP contribution in [-0.4, -0.2) is 9.67 Å². The summed E-state index contributed by atoms with van der Waals surface area (Å²) in [5.41, 5.74) is 2.00. The number of fused-ring (bicyclic) bond motifs is 1. The van der Waals surface area contributed by atoms with E-state index >= 15 is 0 Å². The van der Waals surface area contributed by atoms with E-state index in [2.05, 4.69) is 11.5 Å². The van der Waals surface area contributed by atoms with E-state index < -0.39 is 0 Å². The summed E-state index contributed by atoms with van der Waals surface area (Å²) in [7, 11) is 0. The molecule has 14 heavy (non-hydrogen) atoms. The van der Waals surface area contributed by atoms with E-state index in [0.717, 1.165) is 28.2 Å². The fraction of sp³-hybridized carbons (Fsp3) is 0.273. The molecule has 1 aromatic carbocycles. The summed E-state index contributed by atoms with van der Waals surface area (Å²) in [6.07, 6.45) is 0. The van der Waals surface area contributed by atoms with Gasteiger partial charge in [-0.3, -0.25) is 0 Å². The maximum absolute atomic E-state index is 9.18. The molecule has 0 aliphatic heterocycles. The molecule has 0 unspecified atom stereocenters. The van der Waals surface area contributed by atoms with Gasteiger partial charge in [-0.15, -0.1) is 0 Å². The second kappa shape index (κ2) is 3.64. The molecule has 2 aromatic rings. The lowest BCUT2D eigenvalue weighted by molar-refractivity contribution is 0.272. The van der Waals surface area contributed by atoms with E-state index in [0.29, 0.717) is 0 Å². The van der Waals surface area contributed by atoms with Crippen LogP contribution in [0, 0.1) is 0 Å². The largest absolute Gasteiger partial charge is 0.390 e.